The van der Waals surface area contributed by atoms with Crippen LogP contribution in [-0.4, -0.2) is 103 Å². The van der Waals surface area contributed by atoms with Gasteiger partial charge in [-0.3, -0.25) is 14.4 Å². The number of nitrogens with one attached hydrogen (secondary N) is 3. The summed E-state index contributed by atoms with van der Waals surface area (Å²) in [7, 11) is 0. The lowest BCUT2D eigenvalue weighted by Gasteiger charge is -2.19. The van der Waals surface area contributed by atoms with E-state index in [2.05, 4.69) is 16.0 Å². The Bertz CT molecular complexity index is 886. The fraction of sp³-hybridized carbons (Fsp3) is 0.700. The minimum atomic E-state index is -0.871. The second-order valence-electron chi connectivity index (χ2n) is 9.18. The molecule has 42 heavy (non-hydrogen) atoms. The number of carbonyl (C=O) groups excluding carboxylic acids is 3. The topological polar surface area (TPSA) is 143 Å². The lowest BCUT2D eigenvalue weighted by Crippen LogP contribution is -2.47. The van der Waals surface area contributed by atoms with Crippen LogP contribution in [0.5, 0.6) is 11.5 Å². The van der Waals surface area contributed by atoms with E-state index in [1.165, 1.54) is 0 Å². The first-order valence-electron chi connectivity index (χ1n) is 15.0. The van der Waals surface area contributed by atoms with Crippen molar-refractivity contribution >= 4 is 17.7 Å². The largest absolute Gasteiger partial charge is 0.487 e. The third kappa shape index (κ3) is 17.1. The van der Waals surface area contributed by atoms with Gasteiger partial charge in [0, 0.05) is 38.3 Å². The van der Waals surface area contributed by atoms with E-state index in [0.717, 1.165) is 12.8 Å². The van der Waals surface area contributed by atoms with Gasteiger partial charge in [-0.25, -0.2) is 0 Å². The van der Waals surface area contributed by atoms with Crippen LogP contribution in [0.25, 0.3) is 0 Å². The number of carbonyl (C=O) groups is 3. The Balaban J connectivity index is 2.89. The Morgan fingerprint density at radius 3 is 1.83 bits per heavy atom. The van der Waals surface area contributed by atoms with Crippen LogP contribution >= 0.6 is 0 Å². The maximum absolute atomic E-state index is 13.2. The van der Waals surface area contributed by atoms with Crippen LogP contribution < -0.4 is 25.4 Å². The van der Waals surface area contributed by atoms with Crippen molar-refractivity contribution in [2.45, 2.75) is 59.4 Å². The zero-order chi connectivity index (χ0) is 30.8. The summed E-state index contributed by atoms with van der Waals surface area (Å²) in [6, 6.07) is 3.94. The van der Waals surface area contributed by atoms with Crippen molar-refractivity contribution in [3.05, 3.63) is 23.8 Å². The van der Waals surface area contributed by atoms with Crippen LogP contribution in [0, 0.1) is 0 Å². The van der Waals surface area contributed by atoms with E-state index in [9.17, 15) is 14.4 Å². The van der Waals surface area contributed by atoms with E-state index in [1.54, 1.807) is 18.2 Å². The molecule has 0 bridgehead atoms. The molecule has 0 unspecified atom stereocenters. The zero-order valence-corrected chi connectivity index (χ0v) is 25.8. The number of hydrogen-bond donors (Lipinski definition) is 3. The molecule has 12 nitrogen and oxygen atoms in total. The molecule has 0 fully saturated rings. The Morgan fingerprint density at radius 2 is 1.24 bits per heavy atom. The van der Waals surface area contributed by atoms with Crippen LogP contribution in [-0.2, 0) is 28.5 Å². The molecule has 1 rings (SSSR count). The van der Waals surface area contributed by atoms with Crippen molar-refractivity contribution in [1.29, 1.82) is 0 Å². The number of benzene rings is 1. The molecule has 3 amide bonds. The van der Waals surface area contributed by atoms with Gasteiger partial charge in [0.1, 0.15) is 19.3 Å². The minimum absolute atomic E-state index is 0.113. The molecule has 1 atom stereocenters. The predicted octanol–water partition coefficient (Wildman–Crippen LogP) is 2.48. The van der Waals surface area contributed by atoms with E-state index in [4.69, 9.17) is 28.4 Å². The summed E-state index contributed by atoms with van der Waals surface area (Å²) in [5.41, 5.74) is 0.284. The molecule has 0 heterocycles. The highest BCUT2D eigenvalue weighted by molar-refractivity contribution is 5.98. The number of amides is 3. The molecule has 0 saturated heterocycles. The molecule has 0 radical (unpaired) electrons. The molecule has 12 heteroatoms. The SMILES string of the molecule is CCCNC(=O)CC[C@H](NC(=O)c1ccc(OCCOCCOCC)c(OCCOCCOCC)c1)C(=O)NCCC. The van der Waals surface area contributed by atoms with Crippen LogP contribution in [0.3, 0.4) is 0 Å². The van der Waals surface area contributed by atoms with Gasteiger partial charge in [-0.2, -0.15) is 0 Å². The maximum Gasteiger partial charge on any atom is 0.252 e. The van der Waals surface area contributed by atoms with Crippen molar-refractivity contribution in [2.75, 3.05) is 79.2 Å². The highest BCUT2D eigenvalue weighted by Gasteiger charge is 2.23. The van der Waals surface area contributed by atoms with Gasteiger partial charge in [-0.15, -0.1) is 0 Å². The first kappa shape index (κ1) is 37.1. The van der Waals surface area contributed by atoms with Crippen molar-refractivity contribution in [1.82, 2.24) is 16.0 Å². The molecule has 3 N–H and O–H groups in total. The molecule has 1 aromatic carbocycles. The van der Waals surface area contributed by atoms with Crippen LogP contribution in [0.2, 0.25) is 0 Å². The summed E-state index contributed by atoms with van der Waals surface area (Å²) < 4.78 is 33.3. The van der Waals surface area contributed by atoms with Gasteiger partial charge in [-0.05, 0) is 51.3 Å². The summed E-state index contributed by atoms with van der Waals surface area (Å²) in [5, 5.41) is 8.37. The number of rotatable bonds is 26. The fourth-order valence-corrected chi connectivity index (χ4v) is 3.54. The first-order valence-corrected chi connectivity index (χ1v) is 15.0. The van der Waals surface area contributed by atoms with Gasteiger partial charge < -0.3 is 44.4 Å². The highest BCUT2D eigenvalue weighted by atomic mass is 16.6. The lowest BCUT2D eigenvalue weighted by molar-refractivity contribution is -0.124. The van der Waals surface area contributed by atoms with Crippen molar-refractivity contribution < 1.29 is 42.8 Å². The standard InChI is InChI=1S/C30H51N3O9/c1-5-13-31-28(34)12-10-25(30(36)32-14-6-2)33-29(35)24-9-11-26(41-21-19-39-17-15-37-7-3)27(23-24)42-22-20-40-18-16-38-8-4/h9,11,23,25H,5-8,10,12-22H2,1-4H3,(H,31,34)(H,32,36)(H,33,35)/t25-/m0/s1. The normalized spacial score (nSPS) is 11.5. The van der Waals surface area contributed by atoms with Gasteiger partial charge in [-0.1, -0.05) is 13.8 Å². The third-order valence-corrected chi connectivity index (χ3v) is 5.73. The van der Waals surface area contributed by atoms with Crippen LogP contribution in [0.15, 0.2) is 18.2 Å². The van der Waals surface area contributed by atoms with Gasteiger partial charge in [0.15, 0.2) is 11.5 Å². The van der Waals surface area contributed by atoms with E-state index >= 15 is 0 Å². The number of hydrogen-bond acceptors (Lipinski definition) is 9. The zero-order valence-electron chi connectivity index (χ0n) is 25.8. The molecule has 240 valence electrons. The predicted molar refractivity (Wildman–Crippen MR) is 159 cm³/mol. The average molecular weight is 598 g/mol. The molecule has 0 aliphatic rings. The Morgan fingerprint density at radius 1 is 0.690 bits per heavy atom. The van der Waals surface area contributed by atoms with Crippen LogP contribution in [0.1, 0.15) is 63.7 Å². The highest BCUT2D eigenvalue weighted by Crippen LogP contribution is 2.28. The third-order valence-electron chi connectivity index (χ3n) is 5.73. The van der Waals surface area contributed by atoms with Crippen molar-refractivity contribution in [2.24, 2.45) is 0 Å². The van der Waals surface area contributed by atoms with Gasteiger partial charge in [0.05, 0.1) is 39.6 Å². The van der Waals surface area contributed by atoms with Crippen LogP contribution in [0.4, 0.5) is 0 Å². The maximum atomic E-state index is 13.2. The Hall–Kier alpha value is -2.93. The second kappa shape index (κ2) is 24.6. The van der Waals surface area contributed by atoms with E-state index in [1.807, 2.05) is 27.7 Å². The average Bonchev–Trinajstić information content (AvgIpc) is 3.00. The summed E-state index contributed by atoms with van der Waals surface area (Å²) in [6.45, 7) is 13.1. The monoisotopic (exact) mass is 597 g/mol. The smallest absolute Gasteiger partial charge is 0.252 e. The minimum Gasteiger partial charge on any atom is -0.487 e. The molecule has 1 aromatic rings. The lowest BCUT2D eigenvalue weighted by atomic mass is 10.1. The van der Waals surface area contributed by atoms with Gasteiger partial charge in [0.25, 0.3) is 5.91 Å². The van der Waals surface area contributed by atoms with Crippen molar-refractivity contribution in [3.8, 4) is 11.5 Å². The molecule has 0 aliphatic heterocycles. The summed E-state index contributed by atoms with van der Waals surface area (Å²) in [5.74, 6) is -0.167. The first-order chi connectivity index (χ1) is 20.5. The van der Waals surface area contributed by atoms with E-state index < -0.39 is 11.9 Å². The molecule has 0 aliphatic carbocycles. The van der Waals surface area contributed by atoms with Gasteiger partial charge in [0.2, 0.25) is 11.8 Å². The Kier molecular flexibility index (Phi) is 21.8. The summed E-state index contributed by atoms with van der Waals surface area (Å²) in [6.07, 6.45) is 1.84. The quantitative estimate of drug-likeness (QED) is 0.137. The Labute approximate surface area is 250 Å². The van der Waals surface area contributed by atoms with E-state index in [-0.39, 0.29) is 43.4 Å². The molecular formula is C30H51N3O9. The molecule has 0 aromatic heterocycles. The molecule has 0 saturated carbocycles. The molecular weight excluding hydrogens is 546 g/mol. The van der Waals surface area contributed by atoms with E-state index in [0.29, 0.717) is 77.4 Å². The molecule has 0 spiro atoms. The fourth-order valence-electron chi connectivity index (χ4n) is 3.54. The van der Waals surface area contributed by atoms with Gasteiger partial charge >= 0.3 is 0 Å². The summed E-state index contributed by atoms with van der Waals surface area (Å²) in [4.78, 5) is 38.1. The second-order valence-corrected chi connectivity index (χ2v) is 9.18. The summed E-state index contributed by atoms with van der Waals surface area (Å²) >= 11 is 0. The number of ether oxygens (including phenoxy) is 6. The van der Waals surface area contributed by atoms with Crippen molar-refractivity contribution in [3.63, 3.8) is 0 Å².